The third kappa shape index (κ3) is 6.67. The molecule has 2 N–H and O–H groups in total. The number of thioether (sulfide) groups is 1. The molecular formula is C28H28BrN5O2S. The summed E-state index contributed by atoms with van der Waals surface area (Å²) >= 11 is 4.76. The van der Waals surface area contributed by atoms with Crippen molar-refractivity contribution in [3.05, 3.63) is 98.8 Å². The molecule has 190 valence electrons. The second kappa shape index (κ2) is 11.7. The number of carbonyl (C=O) groups excluding carboxylic acids is 2. The van der Waals surface area contributed by atoms with E-state index >= 15 is 0 Å². The van der Waals surface area contributed by atoms with Crippen molar-refractivity contribution in [2.45, 2.75) is 39.4 Å². The van der Waals surface area contributed by atoms with E-state index in [0.717, 1.165) is 38.1 Å². The first kappa shape index (κ1) is 26.6. The van der Waals surface area contributed by atoms with Crippen LogP contribution in [-0.2, 0) is 11.3 Å². The molecule has 9 heteroatoms. The quantitative estimate of drug-likeness (QED) is 0.253. The Bertz CT molecular complexity index is 1450. The van der Waals surface area contributed by atoms with Gasteiger partial charge >= 0.3 is 0 Å². The van der Waals surface area contributed by atoms with Crippen LogP contribution in [0.3, 0.4) is 0 Å². The van der Waals surface area contributed by atoms with Crippen molar-refractivity contribution in [3.63, 3.8) is 0 Å². The van der Waals surface area contributed by atoms with Gasteiger partial charge < -0.3 is 10.6 Å². The normalized spacial score (nSPS) is 10.8. The number of aryl methyl sites for hydroxylation is 4. The minimum atomic E-state index is -0.185. The van der Waals surface area contributed by atoms with Crippen LogP contribution in [0.1, 0.15) is 38.4 Å². The lowest BCUT2D eigenvalue weighted by Gasteiger charge is -2.12. The molecule has 0 radical (unpaired) electrons. The van der Waals surface area contributed by atoms with Crippen LogP contribution < -0.4 is 10.6 Å². The molecule has 1 heterocycles. The van der Waals surface area contributed by atoms with Crippen LogP contribution in [0.2, 0.25) is 0 Å². The lowest BCUT2D eigenvalue weighted by molar-refractivity contribution is -0.113. The fourth-order valence-corrected chi connectivity index (χ4v) is 4.72. The Kier molecular flexibility index (Phi) is 8.45. The first-order valence-electron chi connectivity index (χ1n) is 11.8. The van der Waals surface area contributed by atoms with E-state index in [0.29, 0.717) is 16.5 Å². The zero-order valence-electron chi connectivity index (χ0n) is 21.1. The number of rotatable bonds is 8. The van der Waals surface area contributed by atoms with Crippen LogP contribution in [0.4, 0.5) is 5.69 Å². The van der Waals surface area contributed by atoms with Gasteiger partial charge in [0.25, 0.3) is 5.91 Å². The van der Waals surface area contributed by atoms with Crippen LogP contribution in [0.15, 0.2) is 70.3 Å². The zero-order valence-corrected chi connectivity index (χ0v) is 23.5. The fourth-order valence-electron chi connectivity index (χ4n) is 3.69. The smallest absolute Gasteiger partial charge is 0.251 e. The number of hydrogen-bond donors (Lipinski definition) is 2. The van der Waals surface area contributed by atoms with Gasteiger partial charge in [-0.15, -0.1) is 10.2 Å². The average Bonchev–Trinajstić information content (AvgIpc) is 3.28. The van der Waals surface area contributed by atoms with Gasteiger partial charge in [0.15, 0.2) is 11.0 Å². The van der Waals surface area contributed by atoms with Crippen molar-refractivity contribution in [1.29, 1.82) is 0 Å². The Morgan fingerprint density at radius 3 is 2.35 bits per heavy atom. The number of nitrogens with zero attached hydrogens (tertiary/aromatic N) is 3. The number of halogens is 1. The minimum Gasteiger partial charge on any atom is -0.345 e. The molecule has 0 saturated carbocycles. The van der Waals surface area contributed by atoms with E-state index in [-0.39, 0.29) is 24.1 Å². The largest absolute Gasteiger partial charge is 0.345 e. The van der Waals surface area contributed by atoms with Gasteiger partial charge in [-0.05, 0) is 92.4 Å². The van der Waals surface area contributed by atoms with Crippen molar-refractivity contribution in [2.75, 3.05) is 11.1 Å². The van der Waals surface area contributed by atoms with E-state index in [4.69, 9.17) is 0 Å². The summed E-state index contributed by atoms with van der Waals surface area (Å²) in [5.41, 5.74) is 6.50. The number of carbonyl (C=O) groups is 2. The molecule has 0 unspecified atom stereocenters. The molecule has 3 aromatic carbocycles. The second-order valence-electron chi connectivity index (χ2n) is 8.85. The number of amides is 2. The van der Waals surface area contributed by atoms with Crippen molar-refractivity contribution in [1.82, 2.24) is 20.1 Å². The Labute approximate surface area is 229 Å². The average molecular weight is 579 g/mol. The van der Waals surface area contributed by atoms with Gasteiger partial charge in [-0.25, -0.2) is 0 Å². The molecule has 0 aliphatic rings. The van der Waals surface area contributed by atoms with E-state index in [1.54, 1.807) is 0 Å². The summed E-state index contributed by atoms with van der Waals surface area (Å²) in [4.78, 5) is 25.5. The highest BCUT2D eigenvalue weighted by Gasteiger charge is 2.18. The third-order valence-electron chi connectivity index (χ3n) is 5.96. The third-order valence-corrected chi connectivity index (χ3v) is 7.42. The van der Waals surface area contributed by atoms with E-state index in [1.807, 2.05) is 92.9 Å². The summed E-state index contributed by atoms with van der Waals surface area (Å²) in [6.45, 7) is 8.13. The van der Waals surface area contributed by atoms with Crippen molar-refractivity contribution < 1.29 is 9.59 Å². The topological polar surface area (TPSA) is 88.9 Å². The molecule has 0 aliphatic heterocycles. The standard InChI is InChI=1S/C28H28BrN5O2S/c1-17-5-6-19(3)24(13-17)31-26(35)16-37-28-33-32-25(34(28)23-11-9-22(29)10-12-23)15-30-27(36)21-8-7-18(2)20(4)14-21/h5-14H,15-16H2,1-4H3,(H,30,36)(H,31,35). The van der Waals surface area contributed by atoms with Crippen molar-refractivity contribution >= 4 is 45.2 Å². The van der Waals surface area contributed by atoms with Crippen molar-refractivity contribution in [2.24, 2.45) is 0 Å². The Hall–Kier alpha value is -3.43. The summed E-state index contributed by atoms with van der Waals surface area (Å²) in [5.74, 6) is 0.415. The molecular weight excluding hydrogens is 550 g/mol. The van der Waals surface area contributed by atoms with Crippen LogP contribution in [0, 0.1) is 27.7 Å². The first-order valence-corrected chi connectivity index (χ1v) is 13.5. The lowest BCUT2D eigenvalue weighted by atomic mass is 10.1. The van der Waals surface area contributed by atoms with E-state index in [1.165, 1.54) is 11.8 Å². The molecule has 0 aliphatic carbocycles. The van der Waals surface area contributed by atoms with Gasteiger partial charge in [0.05, 0.1) is 12.3 Å². The van der Waals surface area contributed by atoms with Gasteiger partial charge in [0, 0.05) is 21.4 Å². The van der Waals surface area contributed by atoms with Gasteiger partial charge in [-0.1, -0.05) is 45.9 Å². The van der Waals surface area contributed by atoms with Crippen LogP contribution in [0.5, 0.6) is 0 Å². The lowest BCUT2D eigenvalue weighted by Crippen LogP contribution is -2.24. The van der Waals surface area contributed by atoms with Gasteiger partial charge in [-0.2, -0.15) is 0 Å². The molecule has 7 nitrogen and oxygen atoms in total. The fraction of sp³-hybridized carbons (Fsp3) is 0.214. The van der Waals surface area contributed by atoms with Crippen LogP contribution in [0.25, 0.3) is 5.69 Å². The predicted molar refractivity (Wildman–Crippen MR) is 151 cm³/mol. The van der Waals surface area contributed by atoms with E-state index < -0.39 is 0 Å². The SMILES string of the molecule is Cc1ccc(C)c(NC(=O)CSc2nnc(CNC(=O)c3ccc(C)c(C)c3)n2-c2ccc(Br)cc2)c1. The molecule has 0 spiro atoms. The molecule has 0 fully saturated rings. The monoisotopic (exact) mass is 577 g/mol. The Morgan fingerprint density at radius 2 is 1.62 bits per heavy atom. The molecule has 4 aromatic rings. The molecule has 2 amide bonds. The molecule has 1 aromatic heterocycles. The van der Waals surface area contributed by atoms with Gasteiger partial charge in [0.1, 0.15) is 0 Å². The predicted octanol–water partition coefficient (Wildman–Crippen LogP) is 5.92. The second-order valence-corrected chi connectivity index (χ2v) is 10.7. The highest BCUT2D eigenvalue weighted by Crippen LogP contribution is 2.24. The maximum atomic E-state index is 12.8. The summed E-state index contributed by atoms with van der Waals surface area (Å²) in [6, 6.07) is 19.3. The number of benzene rings is 3. The first-order chi connectivity index (χ1) is 17.7. The van der Waals surface area contributed by atoms with Crippen molar-refractivity contribution in [3.8, 4) is 5.69 Å². The van der Waals surface area contributed by atoms with E-state index in [2.05, 4.69) is 36.8 Å². The maximum Gasteiger partial charge on any atom is 0.251 e. The summed E-state index contributed by atoms with van der Waals surface area (Å²) in [5, 5.41) is 15.2. The van der Waals surface area contributed by atoms with Gasteiger partial charge in [0.2, 0.25) is 5.91 Å². The number of aromatic nitrogens is 3. The summed E-state index contributed by atoms with van der Waals surface area (Å²) < 4.78 is 2.80. The summed E-state index contributed by atoms with van der Waals surface area (Å²) in [7, 11) is 0. The minimum absolute atomic E-state index is 0.131. The molecule has 0 bridgehead atoms. The van der Waals surface area contributed by atoms with Crippen LogP contribution >= 0.6 is 27.7 Å². The zero-order chi connectivity index (χ0) is 26.5. The Morgan fingerprint density at radius 1 is 0.892 bits per heavy atom. The van der Waals surface area contributed by atoms with Crippen LogP contribution in [-0.4, -0.2) is 32.3 Å². The van der Waals surface area contributed by atoms with E-state index in [9.17, 15) is 9.59 Å². The summed E-state index contributed by atoms with van der Waals surface area (Å²) in [6.07, 6.45) is 0. The Balaban J connectivity index is 1.51. The molecule has 4 rings (SSSR count). The number of anilines is 1. The highest BCUT2D eigenvalue weighted by molar-refractivity contribution is 9.10. The highest BCUT2D eigenvalue weighted by atomic mass is 79.9. The number of hydrogen-bond acceptors (Lipinski definition) is 5. The molecule has 37 heavy (non-hydrogen) atoms. The number of nitrogens with one attached hydrogen (secondary N) is 2. The maximum absolute atomic E-state index is 12.8. The molecule has 0 atom stereocenters. The molecule has 0 saturated heterocycles. The van der Waals surface area contributed by atoms with Gasteiger partial charge in [-0.3, -0.25) is 14.2 Å².